The summed E-state index contributed by atoms with van der Waals surface area (Å²) in [5, 5.41) is 0. The van der Waals surface area contributed by atoms with Crippen LogP contribution in [0.1, 0.15) is 22.3 Å². The number of methoxy groups -OCH3 is 2. The maximum atomic E-state index is 5.56. The molecule has 0 unspecified atom stereocenters. The molecule has 1 aromatic carbocycles. The minimum absolute atomic E-state index is 0.783. The van der Waals surface area contributed by atoms with E-state index < -0.39 is 0 Å². The number of benzene rings is 1. The van der Waals surface area contributed by atoms with Gasteiger partial charge in [-0.2, -0.15) is 0 Å². The molecule has 0 saturated carbocycles. The van der Waals surface area contributed by atoms with Crippen LogP contribution in [0.4, 0.5) is 0 Å². The molecule has 0 N–H and O–H groups in total. The van der Waals surface area contributed by atoms with Crippen LogP contribution in [-0.2, 0) is 0 Å². The second kappa shape index (κ2) is 8.62. The molecule has 0 aliphatic rings. The smallest absolute Gasteiger partial charge is 0.126 e. The number of rotatable bonds is 6. The monoisotopic (exact) mass is 344 g/mol. The van der Waals surface area contributed by atoms with E-state index in [4.69, 9.17) is 9.47 Å². The summed E-state index contributed by atoms with van der Waals surface area (Å²) in [7, 11) is 3.34. The Morgan fingerprint density at radius 2 is 1.00 bits per heavy atom. The molecular weight excluding hydrogens is 324 g/mol. The molecule has 4 heteroatoms. The standard InChI is InChI=1S/C22H20N2O2/c1-25-21-15-20(6-4-18-9-13-24-14-10-18)22(26-2)16-19(21)5-3-17-7-11-23-12-8-17/h3-16H,1-2H3/b5-3+,6-4+. The van der Waals surface area contributed by atoms with Crippen LogP contribution in [0.15, 0.2) is 61.2 Å². The Bertz CT molecular complexity index is 827. The minimum atomic E-state index is 0.783. The van der Waals surface area contributed by atoms with Gasteiger partial charge in [0, 0.05) is 35.9 Å². The van der Waals surface area contributed by atoms with Crippen LogP contribution in [0.25, 0.3) is 24.3 Å². The molecule has 4 nitrogen and oxygen atoms in total. The van der Waals surface area contributed by atoms with Crippen LogP contribution < -0.4 is 9.47 Å². The van der Waals surface area contributed by atoms with Crippen LogP contribution in [0.3, 0.4) is 0 Å². The molecule has 0 spiro atoms. The molecule has 2 heterocycles. The Hall–Kier alpha value is -3.40. The maximum absolute atomic E-state index is 5.56. The van der Waals surface area contributed by atoms with Gasteiger partial charge in [0.2, 0.25) is 0 Å². The molecule has 2 aromatic heterocycles. The number of ether oxygens (including phenoxy) is 2. The first-order valence-electron chi connectivity index (χ1n) is 8.22. The quantitative estimate of drug-likeness (QED) is 0.642. The van der Waals surface area contributed by atoms with Gasteiger partial charge in [0.1, 0.15) is 11.5 Å². The normalized spacial score (nSPS) is 11.2. The van der Waals surface area contributed by atoms with E-state index in [1.54, 1.807) is 39.0 Å². The molecule has 0 bridgehead atoms. The van der Waals surface area contributed by atoms with Gasteiger partial charge in [-0.1, -0.05) is 24.3 Å². The van der Waals surface area contributed by atoms with Gasteiger partial charge in [-0.3, -0.25) is 9.97 Å². The molecule has 3 rings (SSSR count). The zero-order valence-electron chi connectivity index (χ0n) is 14.8. The first kappa shape index (κ1) is 17.4. The third-order valence-electron chi connectivity index (χ3n) is 3.90. The average molecular weight is 344 g/mol. The van der Waals surface area contributed by atoms with Gasteiger partial charge in [0.15, 0.2) is 0 Å². The van der Waals surface area contributed by atoms with Crippen molar-refractivity contribution in [2.24, 2.45) is 0 Å². The average Bonchev–Trinajstić information content (AvgIpc) is 2.72. The number of pyridine rings is 2. The highest BCUT2D eigenvalue weighted by atomic mass is 16.5. The molecule has 0 saturated heterocycles. The van der Waals surface area contributed by atoms with Gasteiger partial charge in [-0.05, 0) is 47.5 Å². The van der Waals surface area contributed by atoms with Gasteiger partial charge in [0.25, 0.3) is 0 Å². The number of hydrogen-bond donors (Lipinski definition) is 0. The van der Waals surface area contributed by atoms with Gasteiger partial charge >= 0.3 is 0 Å². The molecule has 0 aliphatic heterocycles. The van der Waals surface area contributed by atoms with Gasteiger partial charge in [-0.15, -0.1) is 0 Å². The Labute approximate surface area is 153 Å². The summed E-state index contributed by atoms with van der Waals surface area (Å²) in [5.74, 6) is 1.57. The highest BCUT2D eigenvalue weighted by Crippen LogP contribution is 2.31. The van der Waals surface area contributed by atoms with E-state index >= 15 is 0 Å². The topological polar surface area (TPSA) is 44.2 Å². The Morgan fingerprint density at radius 1 is 0.615 bits per heavy atom. The van der Waals surface area contributed by atoms with Crippen LogP contribution in [0, 0.1) is 0 Å². The van der Waals surface area contributed by atoms with E-state index in [2.05, 4.69) is 9.97 Å². The highest BCUT2D eigenvalue weighted by Gasteiger charge is 2.08. The summed E-state index contributed by atoms with van der Waals surface area (Å²) in [6, 6.07) is 11.8. The van der Waals surface area contributed by atoms with Crippen molar-refractivity contribution < 1.29 is 9.47 Å². The zero-order chi connectivity index (χ0) is 18.2. The summed E-state index contributed by atoms with van der Waals surface area (Å²) in [4.78, 5) is 8.06. The lowest BCUT2D eigenvalue weighted by Crippen LogP contribution is -1.93. The van der Waals surface area contributed by atoms with E-state index in [0.29, 0.717) is 0 Å². The predicted molar refractivity (Wildman–Crippen MR) is 106 cm³/mol. The molecular formula is C22H20N2O2. The van der Waals surface area contributed by atoms with E-state index in [1.807, 2.05) is 60.7 Å². The minimum Gasteiger partial charge on any atom is -0.496 e. The molecule has 0 aliphatic carbocycles. The zero-order valence-corrected chi connectivity index (χ0v) is 14.8. The van der Waals surface area contributed by atoms with Crippen molar-refractivity contribution in [1.29, 1.82) is 0 Å². The molecule has 0 radical (unpaired) electrons. The molecule has 0 amide bonds. The lowest BCUT2D eigenvalue weighted by Gasteiger charge is -2.11. The highest BCUT2D eigenvalue weighted by molar-refractivity contribution is 5.78. The summed E-state index contributed by atoms with van der Waals surface area (Å²) in [6.45, 7) is 0. The van der Waals surface area contributed by atoms with Crippen molar-refractivity contribution in [2.75, 3.05) is 14.2 Å². The van der Waals surface area contributed by atoms with E-state index in [0.717, 1.165) is 33.8 Å². The molecule has 3 aromatic rings. The largest absolute Gasteiger partial charge is 0.496 e. The van der Waals surface area contributed by atoms with Crippen LogP contribution in [-0.4, -0.2) is 24.2 Å². The molecule has 26 heavy (non-hydrogen) atoms. The fourth-order valence-corrected chi connectivity index (χ4v) is 2.53. The summed E-state index contributed by atoms with van der Waals surface area (Å²) < 4.78 is 11.1. The summed E-state index contributed by atoms with van der Waals surface area (Å²) >= 11 is 0. The van der Waals surface area contributed by atoms with Crippen LogP contribution in [0.2, 0.25) is 0 Å². The van der Waals surface area contributed by atoms with Crippen LogP contribution >= 0.6 is 0 Å². The lowest BCUT2D eigenvalue weighted by atomic mass is 10.1. The Kier molecular flexibility index (Phi) is 5.78. The van der Waals surface area contributed by atoms with Crippen molar-refractivity contribution in [3.8, 4) is 11.5 Å². The molecule has 0 atom stereocenters. The second-order valence-electron chi connectivity index (χ2n) is 5.56. The third-order valence-corrected chi connectivity index (χ3v) is 3.90. The Balaban J connectivity index is 1.93. The van der Waals surface area contributed by atoms with Crippen LogP contribution in [0.5, 0.6) is 11.5 Å². The number of aromatic nitrogens is 2. The van der Waals surface area contributed by atoms with Crippen molar-refractivity contribution in [3.63, 3.8) is 0 Å². The van der Waals surface area contributed by atoms with E-state index in [9.17, 15) is 0 Å². The van der Waals surface area contributed by atoms with Gasteiger partial charge in [-0.25, -0.2) is 0 Å². The van der Waals surface area contributed by atoms with Crippen molar-refractivity contribution in [2.45, 2.75) is 0 Å². The van der Waals surface area contributed by atoms with E-state index in [1.165, 1.54) is 0 Å². The van der Waals surface area contributed by atoms with Crippen molar-refractivity contribution in [3.05, 3.63) is 83.4 Å². The summed E-state index contributed by atoms with van der Waals surface area (Å²) in [5.41, 5.74) is 4.04. The van der Waals surface area contributed by atoms with Gasteiger partial charge < -0.3 is 9.47 Å². The van der Waals surface area contributed by atoms with E-state index in [-0.39, 0.29) is 0 Å². The first-order chi connectivity index (χ1) is 12.8. The SMILES string of the molecule is COc1cc(/C=C/c2ccncc2)c(OC)cc1/C=C/c1ccncc1. The maximum Gasteiger partial charge on any atom is 0.126 e. The third kappa shape index (κ3) is 4.36. The van der Waals surface area contributed by atoms with Crippen molar-refractivity contribution >= 4 is 24.3 Å². The van der Waals surface area contributed by atoms with Gasteiger partial charge in [0.05, 0.1) is 14.2 Å². The lowest BCUT2D eigenvalue weighted by molar-refractivity contribution is 0.401. The fraction of sp³-hybridized carbons (Fsp3) is 0.0909. The fourth-order valence-electron chi connectivity index (χ4n) is 2.53. The van der Waals surface area contributed by atoms with Crippen molar-refractivity contribution in [1.82, 2.24) is 9.97 Å². The second-order valence-corrected chi connectivity index (χ2v) is 5.56. The predicted octanol–water partition coefficient (Wildman–Crippen LogP) is 4.83. The number of nitrogens with zero attached hydrogens (tertiary/aromatic N) is 2. The number of hydrogen-bond acceptors (Lipinski definition) is 4. The molecule has 130 valence electrons. The first-order valence-corrected chi connectivity index (χ1v) is 8.22. The Morgan fingerprint density at radius 3 is 1.35 bits per heavy atom. The summed E-state index contributed by atoms with van der Waals surface area (Å²) in [6.07, 6.45) is 15.1. The molecule has 0 fully saturated rings.